The van der Waals surface area contributed by atoms with Gasteiger partial charge in [0.15, 0.2) is 0 Å². The van der Waals surface area contributed by atoms with Crippen LogP contribution < -0.4 is 15.4 Å². The topological polar surface area (TPSA) is 76.1 Å². The van der Waals surface area contributed by atoms with Crippen molar-refractivity contribution < 1.29 is 9.53 Å². The second kappa shape index (κ2) is 9.91. The Labute approximate surface area is 199 Å². The number of ether oxygens (including phenoxy) is 1. The Bertz CT molecular complexity index is 1300. The van der Waals surface area contributed by atoms with Crippen LogP contribution in [0.4, 0.5) is 5.82 Å². The fourth-order valence-electron chi connectivity index (χ4n) is 4.42. The largest absolute Gasteiger partial charge is 0.438 e. The molecular weight excluding hydrogens is 424 g/mol. The van der Waals surface area contributed by atoms with E-state index in [2.05, 4.69) is 27.8 Å². The molecule has 0 saturated heterocycles. The summed E-state index contributed by atoms with van der Waals surface area (Å²) in [5.74, 6) is 1.78. The molecule has 1 amide bonds. The number of pyridine rings is 2. The molecule has 0 atom stereocenters. The fourth-order valence-corrected chi connectivity index (χ4v) is 4.42. The van der Waals surface area contributed by atoms with E-state index in [0.29, 0.717) is 23.2 Å². The third kappa shape index (κ3) is 5.01. The van der Waals surface area contributed by atoms with Gasteiger partial charge in [-0.05, 0) is 74.6 Å². The lowest BCUT2D eigenvalue weighted by Crippen LogP contribution is -2.40. The molecule has 1 aliphatic rings. The number of benzene rings is 2. The molecule has 1 saturated carbocycles. The Morgan fingerprint density at radius 2 is 1.65 bits per heavy atom. The first-order valence-electron chi connectivity index (χ1n) is 11.8. The number of nitrogens with one attached hydrogen (secondary N) is 2. The van der Waals surface area contributed by atoms with E-state index in [1.165, 1.54) is 0 Å². The number of aryl methyl sites for hydroxylation is 1. The molecule has 0 spiro atoms. The molecule has 2 aromatic heterocycles. The van der Waals surface area contributed by atoms with Gasteiger partial charge in [0.25, 0.3) is 5.91 Å². The SMILES string of the molecule is Cc1ccccc1Oc1ncccc1C(=O)NC1CCC(Nc2ccc3ccccc3n2)CC1. The fraction of sp³-hybridized carbons (Fsp3) is 0.250. The van der Waals surface area contributed by atoms with Crippen LogP contribution in [0.1, 0.15) is 41.6 Å². The van der Waals surface area contributed by atoms with E-state index in [1.807, 2.05) is 55.5 Å². The van der Waals surface area contributed by atoms with Gasteiger partial charge in [-0.25, -0.2) is 9.97 Å². The normalized spacial score (nSPS) is 17.8. The summed E-state index contributed by atoms with van der Waals surface area (Å²) in [6.07, 6.45) is 5.40. The first-order valence-corrected chi connectivity index (χ1v) is 11.8. The molecule has 172 valence electrons. The average Bonchev–Trinajstić information content (AvgIpc) is 2.87. The molecule has 0 radical (unpaired) electrons. The van der Waals surface area contributed by atoms with Crippen molar-refractivity contribution in [3.63, 3.8) is 0 Å². The van der Waals surface area contributed by atoms with Crippen molar-refractivity contribution >= 4 is 22.6 Å². The minimum absolute atomic E-state index is 0.127. The maximum atomic E-state index is 13.0. The van der Waals surface area contributed by atoms with Crippen molar-refractivity contribution in [3.05, 3.63) is 90.1 Å². The third-order valence-corrected chi connectivity index (χ3v) is 6.33. The van der Waals surface area contributed by atoms with E-state index >= 15 is 0 Å². The van der Waals surface area contributed by atoms with Crippen LogP contribution in [0, 0.1) is 6.92 Å². The summed E-state index contributed by atoms with van der Waals surface area (Å²) >= 11 is 0. The first-order chi connectivity index (χ1) is 16.7. The van der Waals surface area contributed by atoms with Crippen LogP contribution in [0.3, 0.4) is 0 Å². The predicted molar refractivity (Wildman–Crippen MR) is 134 cm³/mol. The van der Waals surface area contributed by atoms with Crippen molar-refractivity contribution in [2.45, 2.75) is 44.7 Å². The molecule has 1 fully saturated rings. The second-order valence-electron chi connectivity index (χ2n) is 8.78. The molecule has 0 unspecified atom stereocenters. The van der Waals surface area contributed by atoms with E-state index in [1.54, 1.807) is 18.3 Å². The quantitative estimate of drug-likeness (QED) is 0.382. The number of hydrogen-bond acceptors (Lipinski definition) is 5. The molecule has 6 heteroatoms. The Morgan fingerprint density at radius 1 is 0.882 bits per heavy atom. The summed E-state index contributed by atoms with van der Waals surface area (Å²) in [6.45, 7) is 1.97. The van der Waals surface area contributed by atoms with Crippen LogP contribution in [-0.4, -0.2) is 28.0 Å². The Balaban J connectivity index is 1.18. The lowest BCUT2D eigenvalue weighted by Gasteiger charge is -2.30. The summed E-state index contributed by atoms with van der Waals surface area (Å²) in [5, 5.41) is 7.89. The highest BCUT2D eigenvalue weighted by Gasteiger charge is 2.24. The van der Waals surface area contributed by atoms with Crippen molar-refractivity contribution in [2.24, 2.45) is 0 Å². The van der Waals surface area contributed by atoms with E-state index in [9.17, 15) is 4.79 Å². The van der Waals surface area contributed by atoms with Crippen LogP contribution in [0.2, 0.25) is 0 Å². The highest BCUT2D eigenvalue weighted by Crippen LogP contribution is 2.27. The van der Waals surface area contributed by atoms with E-state index in [4.69, 9.17) is 9.72 Å². The van der Waals surface area contributed by atoms with Crippen LogP contribution in [0.25, 0.3) is 10.9 Å². The summed E-state index contributed by atoms with van der Waals surface area (Å²) in [4.78, 5) is 22.1. The predicted octanol–water partition coefficient (Wildman–Crippen LogP) is 5.88. The third-order valence-electron chi connectivity index (χ3n) is 6.33. The van der Waals surface area contributed by atoms with Gasteiger partial charge in [-0.3, -0.25) is 4.79 Å². The number of nitrogens with zero attached hydrogens (tertiary/aromatic N) is 2. The van der Waals surface area contributed by atoms with E-state index < -0.39 is 0 Å². The van der Waals surface area contributed by atoms with Crippen molar-refractivity contribution in [1.82, 2.24) is 15.3 Å². The smallest absolute Gasteiger partial charge is 0.257 e. The molecule has 2 N–H and O–H groups in total. The highest BCUT2D eigenvalue weighted by molar-refractivity contribution is 5.96. The van der Waals surface area contributed by atoms with Crippen LogP contribution in [0.5, 0.6) is 11.6 Å². The Hall–Kier alpha value is -3.93. The van der Waals surface area contributed by atoms with Gasteiger partial charge in [0.1, 0.15) is 17.1 Å². The molecule has 4 aromatic rings. The number of hydrogen-bond donors (Lipinski definition) is 2. The minimum atomic E-state index is -0.149. The van der Waals surface area contributed by atoms with Crippen LogP contribution in [-0.2, 0) is 0 Å². The maximum Gasteiger partial charge on any atom is 0.257 e. The minimum Gasteiger partial charge on any atom is -0.438 e. The number of fused-ring (bicyclic) bond motifs is 1. The van der Waals surface area contributed by atoms with Crippen LogP contribution in [0.15, 0.2) is 79.0 Å². The van der Waals surface area contributed by atoms with E-state index in [0.717, 1.165) is 48.0 Å². The van der Waals surface area contributed by atoms with Crippen LogP contribution >= 0.6 is 0 Å². The van der Waals surface area contributed by atoms with Crippen molar-refractivity contribution in [1.29, 1.82) is 0 Å². The zero-order valence-electron chi connectivity index (χ0n) is 19.2. The number of carbonyl (C=O) groups is 1. The van der Waals surface area contributed by atoms with Crippen molar-refractivity contribution in [2.75, 3.05) is 5.32 Å². The summed E-state index contributed by atoms with van der Waals surface area (Å²) in [6, 6.07) is 24.0. The van der Waals surface area contributed by atoms with E-state index in [-0.39, 0.29) is 11.9 Å². The lowest BCUT2D eigenvalue weighted by molar-refractivity contribution is 0.0923. The molecule has 6 nitrogen and oxygen atoms in total. The first kappa shape index (κ1) is 21.9. The zero-order chi connectivity index (χ0) is 23.3. The Morgan fingerprint density at radius 3 is 2.50 bits per heavy atom. The van der Waals surface area contributed by atoms with Gasteiger partial charge in [0.05, 0.1) is 5.52 Å². The highest BCUT2D eigenvalue weighted by atomic mass is 16.5. The zero-order valence-corrected chi connectivity index (χ0v) is 19.2. The Kier molecular flexibility index (Phi) is 6.38. The standard InChI is InChI=1S/C28H28N4O2/c1-19-7-2-5-11-25(19)34-28-23(9-6-18-29-28)27(33)31-22-15-13-21(14-16-22)30-26-17-12-20-8-3-4-10-24(20)32-26/h2-12,17-18,21-22H,13-16H2,1H3,(H,30,32)(H,31,33). The van der Waals surface area contributed by atoms with Gasteiger partial charge < -0.3 is 15.4 Å². The number of aromatic nitrogens is 2. The van der Waals surface area contributed by atoms with Gasteiger partial charge in [-0.2, -0.15) is 0 Å². The maximum absolute atomic E-state index is 13.0. The van der Waals surface area contributed by atoms with Gasteiger partial charge >= 0.3 is 0 Å². The number of rotatable bonds is 6. The number of anilines is 1. The average molecular weight is 453 g/mol. The van der Waals surface area contributed by atoms with Gasteiger partial charge in [-0.1, -0.05) is 36.4 Å². The molecule has 1 aliphatic carbocycles. The summed E-state index contributed by atoms with van der Waals surface area (Å²) in [7, 11) is 0. The molecule has 2 heterocycles. The molecule has 2 aromatic carbocycles. The number of para-hydroxylation sites is 2. The summed E-state index contributed by atoms with van der Waals surface area (Å²) in [5.41, 5.74) is 2.44. The molecule has 5 rings (SSSR count). The number of amides is 1. The number of carbonyl (C=O) groups excluding carboxylic acids is 1. The monoisotopic (exact) mass is 452 g/mol. The molecule has 34 heavy (non-hydrogen) atoms. The lowest BCUT2D eigenvalue weighted by atomic mass is 9.91. The van der Waals surface area contributed by atoms with Gasteiger partial charge in [0.2, 0.25) is 5.88 Å². The summed E-state index contributed by atoms with van der Waals surface area (Å²) < 4.78 is 5.98. The van der Waals surface area contributed by atoms with Gasteiger partial charge in [-0.15, -0.1) is 0 Å². The van der Waals surface area contributed by atoms with Crippen molar-refractivity contribution in [3.8, 4) is 11.6 Å². The molecule has 0 aliphatic heterocycles. The second-order valence-corrected chi connectivity index (χ2v) is 8.78. The molecule has 0 bridgehead atoms. The molecular formula is C28H28N4O2. The van der Waals surface area contributed by atoms with Gasteiger partial charge in [0, 0.05) is 23.7 Å².